The second-order valence-corrected chi connectivity index (χ2v) is 6.11. The molecule has 0 heterocycles. The third kappa shape index (κ3) is 3.68. The lowest BCUT2D eigenvalue weighted by atomic mass is 10.3. The van der Waals surface area contributed by atoms with Crippen LogP contribution in [-0.2, 0) is 14.8 Å². The van der Waals surface area contributed by atoms with Crippen molar-refractivity contribution in [2.75, 3.05) is 13.7 Å². The average Bonchev–Trinajstić information content (AvgIpc) is 2.35. The molecule has 7 heteroatoms. The molecule has 0 radical (unpaired) electrons. The Morgan fingerprint density at radius 3 is 2.53 bits per heavy atom. The smallest absolute Gasteiger partial charge is 0.318 e. The first kappa shape index (κ1) is 15.5. The number of ether oxygens (including phenoxy) is 1. The Labute approximate surface area is 112 Å². The zero-order chi connectivity index (χ0) is 14.6. The molecule has 0 saturated heterocycles. The maximum atomic E-state index is 12.4. The minimum Gasteiger partial charge on any atom is -0.497 e. The summed E-state index contributed by atoms with van der Waals surface area (Å²) in [4.78, 5) is 10.8. The first-order chi connectivity index (χ1) is 8.78. The molecule has 1 aromatic carbocycles. The highest BCUT2D eigenvalue weighted by Gasteiger charge is 2.29. The van der Waals surface area contributed by atoms with Gasteiger partial charge in [-0.2, -0.15) is 4.31 Å². The van der Waals surface area contributed by atoms with E-state index in [0.29, 0.717) is 5.75 Å². The van der Waals surface area contributed by atoms with Crippen molar-refractivity contribution in [1.82, 2.24) is 4.31 Å². The Morgan fingerprint density at radius 1 is 1.42 bits per heavy atom. The number of nitrogens with zero attached hydrogens (tertiary/aromatic N) is 1. The molecule has 1 rings (SSSR count). The van der Waals surface area contributed by atoms with Gasteiger partial charge in [0, 0.05) is 12.1 Å². The van der Waals surface area contributed by atoms with Crippen LogP contribution in [0.1, 0.15) is 13.8 Å². The summed E-state index contributed by atoms with van der Waals surface area (Å²) < 4.78 is 30.7. The van der Waals surface area contributed by atoms with Crippen molar-refractivity contribution >= 4 is 16.0 Å². The standard InChI is InChI=1S/C12H17NO5S/c1-9(2)13(8-12(14)15)19(16,17)11-6-4-5-10(7-11)18-3/h4-7,9H,8H2,1-3H3,(H,14,15). The van der Waals surface area contributed by atoms with Crippen LogP contribution in [0.5, 0.6) is 5.75 Å². The summed E-state index contributed by atoms with van der Waals surface area (Å²) in [5.41, 5.74) is 0. The van der Waals surface area contributed by atoms with E-state index < -0.39 is 28.6 Å². The zero-order valence-corrected chi connectivity index (χ0v) is 11.8. The van der Waals surface area contributed by atoms with E-state index in [2.05, 4.69) is 0 Å². The Kier molecular flexibility index (Phi) is 4.90. The molecule has 0 aliphatic heterocycles. The zero-order valence-electron chi connectivity index (χ0n) is 11.0. The summed E-state index contributed by atoms with van der Waals surface area (Å²) in [7, 11) is -2.42. The van der Waals surface area contributed by atoms with Crippen LogP contribution in [0.15, 0.2) is 29.2 Å². The molecule has 0 amide bonds. The van der Waals surface area contributed by atoms with E-state index in [0.717, 1.165) is 4.31 Å². The van der Waals surface area contributed by atoms with Gasteiger partial charge in [0.2, 0.25) is 10.0 Å². The minimum absolute atomic E-state index is 0.0156. The number of carboxylic acid groups (broad SMARTS) is 1. The Balaban J connectivity index is 3.22. The molecule has 0 unspecified atom stereocenters. The monoisotopic (exact) mass is 287 g/mol. The van der Waals surface area contributed by atoms with Gasteiger partial charge in [0.1, 0.15) is 12.3 Å². The van der Waals surface area contributed by atoms with Crippen molar-refractivity contribution in [2.24, 2.45) is 0 Å². The summed E-state index contributed by atoms with van der Waals surface area (Å²) in [6.45, 7) is 2.68. The van der Waals surface area contributed by atoms with Gasteiger partial charge in [-0.25, -0.2) is 8.42 Å². The lowest BCUT2D eigenvalue weighted by Gasteiger charge is -2.24. The van der Waals surface area contributed by atoms with Crippen molar-refractivity contribution in [3.63, 3.8) is 0 Å². The molecule has 0 fully saturated rings. The molecule has 0 bridgehead atoms. The number of methoxy groups -OCH3 is 1. The third-order valence-electron chi connectivity index (χ3n) is 2.51. The number of carbonyl (C=O) groups is 1. The number of hydrogen-bond acceptors (Lipinski definition) is 4. The van der Waals surface area contributed by atoms with Gasteiger partial charge in [0.15, 0.2) is 0 Å². The van der Waals surface area contributed by atoms with Crippen molar-refractivity contribution in [1.29, 1.82) is 0 Å². The van der Waals surface area contributed by atoms with Crippen molar-refractivity contribution in [2.45, 2.75) is 24.8 Å². The molecule has 0 spiro atoms. The SMILES string of the molecule is COc1cccc(S(=O)(=O)N(CC(=O)O)C(C)C)c1. The fourth-order valence-electron chi connectivity index (χ4n) is 1.58. The summed E-state index contributed by atoms with van der Waals surface area (Å²) in [6.07, 6.45) is 0. The second kappa shape index (κ2) is 6.03. The van der Waals surface area contributed by atoms with Crippen molar-refractivity contribution in [3.05, 3.63) is 24.3 Å². The van der Waals surface area contributed by atoms with Crippen LogP contribution in [0.4, 0.5) is 0 Å². The maximum Gasteiger partial charge on any atom is 0.318 e. The van der Waals surface area contributed by atoms with E-state index in [-0.39, 0.29) is 4.90 Å². The number of sulfonamides is 1. The lowest BCUT2D eigenvalue weighted by Crippen LogP contribution is -2.40. The molecule has 1 N–H and O–H groups in total. The number of rotatable bonds is 6. The molecule has 106 valence electrons. The predicted molar refractivity (Wildman–Crippen MR) is 69.7 cm³/mol. The number of hydrogen-bond donors (Lipinski definition) is 1. The van der Waals surface area contributed by atoms with Crippen LogP contribution < -0.4 is 4.74 Å². The van der Waals surface area contributed by atoms with Gasteiger partial charge < -0.3 is 9.84 Å². The van der Waals surface area contributed by atoms with Crippen LogP contribution in [0.25, 0.3) is 0 Å². The molecule has 19 heavy (non-hydrogen) atoms. The number of benzene rings is 1. The third-order valence-corrected chi connectivity index (χ3v) is 4.53. The van der Waals surface area contributed by atoms with E-state index in [4.69, 9.17) is 9.84 Å². The molecular formula is C12H17NO5S. The summed E-state index contributed by atoms with van der Waals surface area (Å²) in [5, 5.41) is 8.81. The van der Waals surface area contributed by atoms with Gasteiger partial charge >= 0.3 is 5.97 Å². The largest absolute Gasteiger partial charge is 0.497 e. The maximum absolute atomic E-state index is 12.4. The van der Waals surface area contributed by atoms with Crippen molar-refractivity contribution in [3.8, 4) is 5.75 Å². The first-order valence-corrected chi connectivity index (χ1v) is 7.10. The molecule has 1 aromatic rings. The fraction of sp³-hybridized carbons (Fsp3) is 0.417. The summed E-state index contributed by atoms with van der Waals surface area (Å²) in [6, 6.07) is 5.50. The quantitative estimate of drug-likeness (QED) is 0.849. The predicted octanol–water partition coefficient (Wildman–Crippen LogP) is 1.18. The Hall–Kier alpha value is -1.60. The average molecular weight is 287 g/mol. The van der Waals surface area contributed by atoms with E-state index in [1.807, 2.05) is 0 Å². The van der Waals surface area contributed by atoms with Gasteiger partial charge in [-0.1, -0.05) is 6.07 Å². The first-order valence-electron chi connectivity index (χ1n) is 5.66. The van der Waals surface area contributed by atoms with Crippen LogP contribution in [-0.4, -0.2) is 43.5 Å². The number of aliphatic carboxylic acids is 1. The normalized spacial score (nSPS) is 11.8. The Morgan fingerprint density at radius 2 is 2.05 bits per heavy atom. The number of carboxylic acids is 1. The van der Waals surface area contributed by atoms with Crippen molar-refractivity contribution < 1.29 is 23.1 Å². The lowest BCUT2D eigenvalue weighted by molar-refractivity contribution is -0.137. The van der Waals surface area contributed by atoms with Gasteiger partial charge in [0.25, 0.3) is 0 Å². The second-order valence-electron chi connectivity index (χ2n) is 4.22. The summed E-state index contributed by atoms with van der Waals surface area (Å²) >= 11 is 0. The molecule has 0 saturated carbocycles. The molecule has 0 aliphatic rings. The van der Waals surface area contributed by atoms with Gasteiger partial charge in [-0.3, -0.25) is 4.79 Å². The minimum atomic E-state index is -3.86. The van der Waals surface area contributed by atoms with Gasteiger partial charge in [0.05, 0.1) is 12.0 Å². The van der Waals surface area contributed by atoms with Crippen LogP contribution in [0.3, 0.4) is 0 Å². The van der Waals surface area contributed by atoms with Gasteiger partial charge in [-0.15, -0.1) is 0 Å². The van der Waals surface area contributed by atoms with E-state index >= 15 is 0 Å². The molecular weight excluding hydrogens is 270 g/mol. The summed E-state index contributed by atoms with van der Waals surface area (Å²) in [5.74, 6) is -0.791. The fourth-order valence-corrected chi connectivity index (χ4v) is 3.20. The molecule has 0 atom stereocenters. The van der Waals surface area contributed by atoms with Gasteiger partial charge in [-0.05, 0) is 26.0 Å². The van der Waals surface area contributed by atoms with E-state index in [1.54, 1.807) is 26.0 Å². The van der Waals surface area contributed by atoms with E-state index in [9.17, 15) is 13.2 Å². The highest BCUT2D eigenvalue weighted by Crippen LogP contribution is 2.22. The van der Waals surface area contributed by atoms with Crippen LogP contribution >= 0.6 is 0 Å². The molecule has 0 aliphatic carbocycles. The Bertz CT molecular complexity index is 553. The topological polar surface area (TPSA) is 83.9 Å². The highest BCUT2D eigenvalue weighted by molar-refractivity contribution is 7.89. The highest BCUT2D eigenvalue weighted by atomic mass is 32.2. The molecule has 0 aromatic heterocycles. The van der Waals surface area contributed by atoms with Crippen LogP contribution in [0.2, 0.25) is 0 Å². The van der Waals surface area contributed by atoms with E-state index in [1.165, 1.54) is 19.2 Å². The molecule has 6 nitrogen and oxygen atoms in total. The van der Waals surface area contributed by atoms with Crippen LogP contribution in [0, 0.1) is 0 Å².